The molecule has 0 aliphatic heterocycles. The molecule has 11 heavy (non-hydrogen) atoms. The van der Waals surface area contributed by atoms with Gasteiger partial charge in [0.25, 0.3) is 0 Å². The van der Waals surface area contributed by atoms with E-state index in [1.54, 1.807) is 14.2 Å². The molecule has 1 aliphatic rings. The molecule has 1 saturated carbocycles. The first-order valence-electron chi connectivity index (χ1n) is 3.83. The minimum absolute atomic E-state index is 0. The van der Waals surface area contributed by atoms with Gasteiger partial charge in [0.1, 0.15) is 0 Å². The molecule has 1 fully saturated rings. The van der Waals surface area contributed by atoms with E-state index >= 15 is 0 Å². The van der Waals surface area contributed by atoms with E-state index in [1.165, 1.54) is 25.7 Å². The fourth-order valence-corrected chi connectivity index (χ4v) is 3.29. The van der Waals surface area contributed by atoms with Crippen LogP contribution in [0.5, 0.6) is 0 Å². The van der Waals surface area contributed by atoms with E-state index in [2.05, 4.69) is 0 Å². The minimum atomic E-state index is -0.901. The van der Waals surface area contributed by atoms with E-state index in [-0.39, 0.29) is 17.4 Å². The van der Waals surface area contributed by atoms with Gasteiger partial charge in [-0.15, -0.1) is 0 Å². The summed E-state index contributed by atoms with van der Waals surface area (Å²) in [4.78, 5) is 0. The molecule has 0 unspecified atom stereocenters. The van der Waals surface area contributed by atoms with Crippen molar-refractivity contribution in [3.8, 4) is 0 Å². The molecular weight excluding hydrogens is 171 g/mol. The second kappa shape index (κ2) is 6.21. The van der Waals surface area contributed by atoms with E-state index in [9.17, 15) is 0 Å². The molecule has 0 heterocycles. The maximum absolute atomic E-state index is 5.26. The van der Waals surface area contributed by atoms with Crippen LogP contribution in [0.4, 0.5) is 0 Å². The van der Waals surface area contributed by atoms with Gasteiger partial charge in [-0.05, 0) is 12.8 Å². The molecule has 0 aromatic rings. The van der Waals surface area contributed by atoms with E-state index in [0.29, 0.717) is 0 Å². The summed E-state index contributed by atoms with van der Waals surface area (Å²) >= 11 is 0. The molecule has 59 valence electrons. The Hall–Kier alpha value is 0.669. The summed E-state index contributed by atoms with van der Waals surface area (Å²) in [6.07, 6.45) is 5.36. The molecule has 0 saturated heterocycles. The third-order valence-electron chi connectivity index (χ3n) is 2.09. The molecule has 0 N–H and O–H groups in total. The molecule has 0 atom stereocenters. The van der Waals surface area contributed by atoms with Crippen LogP contribution in [-0.4, -0.2) is 40.9 Å². The van der Waals surface area contributed by atoms with Crippen LogP contribution in [0.3, 0.4) is 0 Å². The molecule has 0 spiro atoms. The van der Waals surface area contributed by atoms with Crippen molar-refractivity contribution in [3.05, 3.63) is 0 Å². The van der Waals surface area contributed by atoms with Crippen LogP contribution < -0.4 is 0 Å². The molecule has 1 rings (SSSR count). The Balaban J connectivity index is 0.000001000. The van der Waals surface area contributed by atoms with Crippen LogP contribution in [0, 0.1) is 0 Å². The molecule has 0 amide bonds. The summed E-state index contributed by atoms with van der Waals surface area (Å²) in [6, 6.07) is 0. The van der Waals surface area contributed by atoms with Crippen LogP contribution in [0.1, 0.15) is 25.7 Å². The Kier molecular flexibility index (Phi) is 6.59. The number of rotatable bonds is 3. The molecule has 1 aliphatic carbocycles. The summed E-state index contributed by atoms with van der Waals surface area (Å²) in [7, 11) is 2.62. The fourth-order valence-electron chi connectivity index (χ4n) is 1.58. The van der Waals surface area contributed by atoms with E-state index < -0.39 is 9.28 Å². The van der Waals surface area contributed by atoms with Crippen LogP contribution in [-0.2, 0) is 8.85 Å². The van der Waals surface area contributed by atoms with Crippen LogP contribution in [0.15, 0.2) is 0 Å². The molecule has 1 radical (unpaired) electrons. The molecule has 0 aromatic carbocycles. The maximum Gasteiger partial charge on any atom is 3.00 e. The van der Waals surface area contributed by atoms with Gasteiger partial charge in [0.2, 0.25) is 0 Å². The van der Waals surface area contributed by atoms with Crippen LogP contribution >= 0.6 is 0 Å². The Labute approximate surface area is 81.2 Å². The van der Waals surface area contributed by atoms with Gasteiger partial charge in [0.15, 0.2) is 0 Å². The minimum Gasteiger partial charge on any atom is -0.397 e. The zero-order chi connectivity index (χ0) is 7.40. The summed E-state index contributed by atoms with van der Waals surface area (Å²) in [5.74, 6) is 0. The summed E-state index contributed by atoms with van der Waals surface area (Å²) < 4.78 is 10.5. The van der Waals surface area contributed by atoms with Crippen molar-refractivity contribution in [2.45, 2.75) is 31.2 Å². The summed E-state index contributed by atoms with van der Waals surface area (Å²) in [5.41, 5.74) is 0.750. The standard InChI is InChI=1S/C7H15O2Si.Al/c1-8-10(9-2)7-5-3-4-6-7;/h7H,3-6H2,1-2H3;/q;+3. The van der Waals surface area contributed by atoms with Gasteiger partial charge >= 0.3 is 26.6 Å². The van der Waals surface area contributed by atoms with Gasteiger partial charge in [0.05, 0.1) is 0 Å². The Morgan fingerprint density at radius 1 is 1.09 bits per heavy atom. The summed E-state index contributed by atoms with van der Waals surface area (Å²) in [5, 5.41) is 0. The first-order chi connectivity index (χ1) is 4.88. The van der Waals surface area contributed by atoms with Gasteiger partial charge in [0, 0.05) is 19.8 Å². The predicted molar refractivity (Wildman–Crippen MR) is 47.7 cm³/mol. The molecule has 2 nitrogen and oxygen atoms in total. The van der Waals surface area contributed by atoms with Gasteiger partial charge in [-0.3, -0.25) is 0 Å². The topological polar surface area (TPSA) is 18.5 Å². The smallest absolute Gasteiger partial charge is 0.397 e. The predicted octanol–water partition coefficient (Wildman–Crippen LogP) is 1.33. The Morgan fingerprint density at radius 2 is 1.55 bits per heavy atom. The molecule has 0 aromatic heterocycles. The van der Waals surface area contributed by atoms with Gasteiger partial charge in [-0.25, -0.2) is 0 Å². The fraction of sp³-hybridized carbons (Fsp3) is 1.00. The first kappa shape index (κ1) is 11.7. The second-order valence-corrected chi connectivity index (χ2v) is 4.98. The third kappa shape index (κ3) is 3.27. The van der Waals surface area contributed by atoms with Crippen molar-refractivity contribution < 1.29 is 8.85 Å². The quantitative estimate of drug-likeness (QED) is 0.619. The van der Waals surface area contributed by atoms with Gasteiger partial charge in [-0.1, -0.05) is 12.8 Å². The zero-order valence-corrected chi connectivity index (χ0v) is 9.45. The van der Waals surface area contributed by atoms with Gasteiger partial charge in [-0.2, -0.15) is 0 Å². The SMILES string of the molecule is CO[Si](OC)C1CCCC1.[Al+3]. The summed E-state index contributed by atoms with van der Waals surface area (Å²) in [6.45, 7) is 0. The molecule has 0 bridgehead atoms. The van der Waals surface area contributed by atoms with Crippen LogP contribution in [0.2, 0.25) is 5.54 Å². The van der Waals surface area contributed by atoms with Crippen molar-refractivity contribution in [2.24, 2.45) is 0 Å². The first-order valence-corrected chi connectivity index (χ1v) is 5.22. The van der Waals surface area contributed by atoms with Crippen LogP contribution in [0.25, 0.3) is 0 Å². The van der Waals surface area contributed by atoms with Crippen molar-refractivity contribution in [2.75, 3.05) is 14.2 Å². The number of hydrogen-bond donors (Lipinski definition) is 0. The average molecular weight is 186 g/mol. The Bertz CT molecular complexity index is 92.4. The van der Waals surface area contributed by atoms with Gasteiger partial charge < -0.3 is 8.85 Å². The van der Waals surface area contributed by atoms with Crippen molar-refractivity contribution in [1.82, 2.24) is 0 Å². The average Bonchev–Trinajstić information content (AvgIpc) is 2.43. The zero-order valence-electron chi connectivity index (χ0n) is 7.30. The van der Waals surface area contributed by atoms with Crippen molar-refractivity contribution >= 4 is 26.6 Å². The van der Waals surface area contributed by atoms with Crippen molar-refractivity contribution in [1.29, 1.82) is 0 Å². The molecule has 4 heteroatoms. The largest absolute Gasteiger partial charge is 3.00 e. The molecular formula is C7H15AlO2Si+3. The third-order valence-corrected chi connectivity index (χ3v) is 4.14. The monoisotopic (exact) mass is 186 g/mol. The second-order valence-electron chi connectivity index (χ2n) is 2.71. The number of hydrogen-bond acceptors (Lipinski definition) is 2. The van der Waals surface area contributed by atoms with E-state index in [1.807, 2.05) is 0 Å². The van der Waals surface area contributed by atoms with E-state index in [4.69, 9.17) is 8.85 Å². The van der Waals surface area contributed by atoms with Crippen molar-refractivity contribution in [3.63, 3.8) is 0 Å². The normalized spacial score (nSPS) is 18.8. The van der Waals surface area contributed by atoms with E-state index in [0.717, 1.165) is 5.54 Å². The maximum atomic E-state index is 5.26. The Morgan fingerprint density at radius 3 is 1.91 bits per heavy atom.